The molecule has 0 saturated heterocycles. The highest BCUT2D eigenvalue weighted by molar-refractivity contribution is 7.16. The van der Waals surface area contributed by atoms with E-state index in [4.69, 9.17) is 4.74 Å². The number of nitrogens with zero attached hydrogens (tertiary/aromatic N) is 1. The average molecular weight is 385 g/mol. The van der Waals surface area contributed by atoms with Gasteiger partial charge >= 0.3 is 0 Å². The van der Waals surface area contributed by atoms with Gasteiger partial charge in [-0.25, -0.2) is 4.98 Å². The molecule has 0 spiro atoms. The summed E-state index contributed by atoms with van der Waals surface area (Å²) in [5.41, 5.74) is 2.28. The van der Waals surface area contributed by atoms with Crippen molar-refractivity contribution in [3.63, 3.8) is 0 Å². The summed E-state index contributed by atoms with van der Waals surface area (Å²) < 4.78 is 5.38. The van der Waals surface area contributed by atoms with E-state index in [9.17, 15) is 9.59 Å². The number of thiazole rings is 1. The van der Waals surface area contributed by atoms with Crippen molar-refractivity contribution in [1.29, 1.82) is 0 Å². The number of aromatic nitrogens is 1. The van der Waals surface area contributed by atoms with Gasteiger partial charge in [-0.2, -0.15) is 0 Å². The summed E-state index contributed by atoms with van der Waals surface area (Å²) in [5, 5.41) is 8.18. The Morgan fingerprint density at radius 1 is 1.38 bits per heavy atom. The van der Waals surface area contributed by atoms with Crippen molar-refractivity contribution in [1.82, 2.24) is 4.98 Å². The van der Waals surface area contributed by atoms with Gasteiger partial charge in [0.2, 0.25) is 5.91 Å². The Bertz CT molecular complexity index is 980. The van der Waals surface area contributed by atoms with Crippen molar-refractivity contribution >= 4 is 45.3 Å². The zero-order chi connectivity index (χ0) is 18.1. The van der Waals surface area contributed by atoms with Crippen LogP contribution in [0.3, 0.4) is 0 Å². The molecule has 2 N–H and O–H groups in total. The first-order chi connectivity index (χ1) is 12.6. The number of thiophene rings is 1. The van der Waals surface area contributed by atoms with Crippen molar-refractivity contribution in [2.24, 2.45) is 0 Å². The summed E-state index contributed by atoms with van der Waals surface area (Å²) in [6, 6.07) is 9.42. The van der Waals surface area contributed by atoms with Crippen LogP contribution in [0.2, 0.25) is 0 Å². The van der Waals surface area contributed by atoms with E-state index in [1.54, 1.807) is 11.3 Å². The van der Waals surface area contributed by atoms with Crippen LogP contribution in [0.15, 0.2) is 35.7 Å². The molecule has 6 nitrogen and oxygen atoms in total. The molecule has 0 bridgehead atoms. The third-order valence-electron chi connectivity index (χ3n) is 3.84. The average Bonchev–Trinajstić information content (AvgIpc) is 3.23. The molecule has 0 saturated carbocycles. The topological polar surface area (TPSA) is 80.3 Å². The SMILES string of the molecule is Cc1sc(NC(=O)Cc2cccs2)nc1-c1ccc2c(c1)NC(=O)CO2. The Balaban J connectivity index is 1.54. The van der Waals surface area contributed by atoms with E-state index in [-0.39, 0.29) is 18.4 Å². The van der Waals surface area contributed by atoms with Crippen LogP contribution >= 0.6 is 22.7 Å². The fourth-order valence-corrected chi connectivity index (χ4v) is 4.24. The van der Waals surface area contributed by atoms with E-state index < -0.39 is 0 Å². The zero-order valence-electron chi connectivity index (χ0n) is 13.9. The predicted molar refractivity (Wildman–Crippen MR) is 103 cm³/mol. The molecule has 0 atom stereocenters. The summed E-state index contributed by atoms with van der Waals surface area (Å²) in [5.74, 6) is 0.385. The number of ether oxygens (including phenoxy) is 1. The normalized spacial score (nSPS) is 12.9. The molecular weight excluding hydrogens is 370 g/mol. The maximum absolute atomic E-state index is 12.2. The number of fused-ring (bicyclic) bond motifs is 1. The number of hydrogen-bond donors (Lipinski definition) is 2. The monoisotopic (exact) mass is 385 g/mol. The standard InChI is InChI=1S/C18H15N3O3S2/c1-10-17(11-4-5-14-13(7-11)19-16(23)9-24-14)21-18(26-10)20-15(22)8-12-3-2-6-25-12/h2-7H,8-9H2,1H3,(H,19,23)(H,20,21,22). The molecule has 3 heterocycles. The summed E-state index contributed by atoms with van der Waals surface area (Å²) in [6.45, 7) is 1.99. The number of anilines is 2. The molecule has 0 fully saturated rings. The summed E-state index contributed by atoms with van der Waals surface area (Å²) in [6.07, 6.45) is 0.341. The Hall–Kier alpha value is -2.71. The predicted octanol–water partition coefficient (Wildman–Crippen LogP) is 3.69. The number of rotatable bonds is 4. The minimum Gasteiger partial charge on any atom is -0.482 e. The Morgan fingerprint density at radius 3 is 3.08 bits per heavy atom. The number of carbonyl (C=O) groups is 2. The molecule has 8 heteroatoms. The second-order valence-corrected chi connectivity index (χ2v) is 8.01. The second kappa shape index (κ2) is 6.89. The van der Waals surface area contributed by atoms with E-state index in [1.807, 2.05) is 42.6 Å². The molecule has 1 aromatic carbocycles. The van der Waals surface area contributed by atoms with Gasteiger partial charge in [-0.3, -0.25) is 9.59 Å². The van der Waals surface area contributed by atoms with Crippen LogP contribution in [0.25, 0.3) is 11.3 Å². The molecule has 4 rings (SSSR count). The van der Waals surface area contributed by atoms with Gasteiger partial charge in [0.15, 0.2) is 11.7 Å². The van der Waals surface area contributed by atoms with Crippen LogP contribution in [-0.4, -0.2) is 23.4 Å². The molecule has 3 aromatic rings. The lowest BCUT2D eigenvalue weighted by Crippen LogP contribution is -2.25. The maximum Gasteiger partial charge on any atom is 0.262 e. The lowest BCUT2D eigenvalue weighted by Gasteiger charge is -2.18. The third kappa shape index (κ3) is 3.47. The van der Waals surface area contributed by atoms with Crippen molar-refractivity contribution in [2.75, 3.05) is 17.2 Å². The quantitative estimate of drug-likeness (QED) is 0.718. The molecule has 132 valence electrons. The third-order valence-corrected chi connectivity index (χ3v) is 5.61. The van der Waals surface area contributed by atoms with Crippen LogP contribution in [0.4, 0.5) is 10.8 Å². The first-order valence-corrected chi connectivity index (χ1v) is 9.65. The molecule has 26 heavy (non-hydrogen) atoms. The van der Waals surface area contributed by atoms with Crippen LogP contribution in [0.1, 0.15) is 9.75 Å². The summed E-state index contributed by atoms with van der Waals surface area (Å²) >= 11 is 2.99. The molecule has 0 radical (unpaired) electrons. The molecule has 1 aliphatic rings. The molecular formula is C18H15N3O3S2. The number of amides is 2. The van der Waals surface area contributed by atoms with E-state index in [2.05, 4.69) is 15.6 Å². The minimum absolute atomic E-state index is 0.0303. The van der Waals surface area contributed by atoms with Crippen molar-refractivity contribution in [2.45, 2.75) is 13.3 Å². The molecule has 0 aliphatic carbocycles. The molecule has 2 aromatic heterocycles. The van der Waals surface area contributed by atoms with Gasteiger partial charge in [-0.05, 0) is 36.6 Å². The summed E-state index contributed by atoms with van der Waals surface area (Å²) in [7, 11) is 0. The fraction of sp³-hybridized carbons (Fsp3) is 0.167. The van der Waals surface area contributed by atoms with E-state index in [1.165, 1.54) is 11.3 Å². The Kier molecular flexibility index (Phi) is 4.44. The van der Waals surface area contributed by atoms with Gasteiger partial charge in [0.1, 0.15) is 5.75 Å². The second-order valence-electron chi connectivity index (χ2n) is 5.78. The minimum atomic E-state index is -0.175. The van der Waals surface area contributed by atoms with Crippen molar-refractivity contribution in [3.8, 4) is 17.0 Å². The number of aryl methyl sites for hydroxylation is 1. The zero-order valence-corrected chi connectivity index (χ0v) is 15.5. The smallest absolute Gasteiger partial charge is 0.262 e. The van der Waals surface area contributed by atoms with Gasteiger partial charge in [0, 0.05) is 15.3 Å². The van der Waals surface area contributed by atoms with Gasteiger partial charge in [-0.15, -0.1) is 22.7 Å². The van der Waals surface area contributed by atoms with E-state index in [0.29, 0.717) is 23.0 Å². The van der Waals surface area contributed by atoms with Crippen LogP contribution in [-0.2, 0) is 16.0 Å². The van der Waals surface area contributed by atoms with Crippen LogP contribution < -0.4 is 15.4 Å². The van der Waals surface area contributed by atoms with E-state index in [0.717, 1.165) is 21.0 Å². The summed E-state index contributed by atoms with van der Waals surface area (Å²) in [4.78, 5) is 30.2. The Labute approximate surface area is 157 Å². The largest absolute Gasteiger partial charge is 0.482 e. The number of nitrogens with one attached hydrogen (secondary N) is 2. The molecule has 2 amide bonds. The molecule has 0 unspecified atom stereocenters. The van der Waals surface area contributed by atoms with Gasteiger partial charge in [0.05, 0.1) is 17.8 Å². The first-order valence-electron chi connectivity index (χ1n) is 7.95. The highest BCUT2D eigenvalue weighted by Crippen LogP contribution is 2.36. The van der Waals surface area contributed by atoms with E-state index >= 15 is 0 Å². The van der Waals surface area contributed by atoms with Gasteiger partial charge in [-0.1, -0.05) is 6.07 Å². The van der Waals surface area contributed by atoms with Gasteiger partial charge < -0.3 is 15.4 Å². The van der Waals surface area contributed by atoms with Gasteiger partial charge in [0.25, 0.3) is 5.91 Å². The highest BCUT2D eigenvalue weighted by atomic mass is 32.1. The Morgan fingerprint density at radius 2 is 2.27 bits per heavy atom. The highest BCUT2D eigenvalue weighted by Gasteiger charge is 2.18. The number of hydrogen-bond acceptors (Lipinski definition) is 6. The molecule has 1 aliphatic heterocycles. The maximum atomic E-state index is 12.2. The van der Waals surface area contributed by atoms with Crippen LogP contribution in [0.5, 0.6) is 5.75 Å². The first kappa shape index (κ1) is 16.7. The van der Waals surface area contributed by atoms with Crippen LogP contribution in [0, 0.1) is 6.92 Å². The lowest BCUT2D eigenvalue weighted by molar-refractivity contribution is -0.118. The van der Waals surface area contributed by atoms with Crippen molar-refractivity contribution in [3.05, 3.63) is 45.5 Å². The fourth-order valence-electron chi connectivity index (χ4n) is 2.68. The number of carbonyl (C=O) groups excluding carboxylic acids is 2. The van der Waals surface area contributed by atoms with Crippen molar-refractivity contribution < 1.29 is 14.3 Å². The lowest BCUT2D eigenvalue weighted by atomic mass is 10.1. The number of benzene rings is 1.